The molecule has 2 N–H and O–H groups in total. The van der Waals surface area contributed by atoms with E-state index in [0.717, 1.165) is 22.8 Å². The summed E-state index contributed by atoms with van der Waals surface area (Å²) in [6, 6.07) is 7.58. The summed E-state index contributed by atoms with van der Waals surface area (Å²) < 4.78 is 5.27. The summed E-state index contributed by atoms with van der Waals surface area (Å²) >= 11 is 1.48. The monoisotopic (exact) mass is 411 g/mol. The maximum absolute atomic E-state index is 13.2. The number of H-pyrrole nitrogens is 1. The highest BCUT2D eigenvalue weighted by Gasteiger charge is 2.45. The highest BCUT2D eigenvalue weighted by atomic mass is 32.2. The van der Waals surface area contributed by atoms with E-state index in [1.807, 2.05) is 31.2 Å². The van der Waals surface area contributed by atoms with E-state index in [1.165, 1.54) is 11.8 Å². The second-order valence-corrected chi connectivity index (χ2v) is 9.40. The third-order valence-electron chi connectivity index (χ3n) is 5.45. The van der Waals surface area contributed by atoms with Crippen LogP contribution < -0.4 is 15.6 Å². The molecule has 2 aromatic rings. The highest BCUT2D eigenvalue weighted by molar-refractivity contribution is 7.99. The maximum atomic E-state index is 13.2. The number of benzene rings is 1. The fraction of sp³-hybridized carbons (Fsp3) is 0.409. The van der Waals surface area contributed by atoms with Crippen molar-refractivity contribution >= 4 is 23.4 Å². The molecule has 1 aromatic carbocycles. The zero-order valence-electron chi connectivity index (χ0n) is 17.0. The lowest BCUT2D eigenvalue weighted by atomic mass is 9.67. The number of methoxy groups -OCH3 is 1. The fourth-order valence-corrected chi connectivity index (χ4v) is 4.89. The van der Waals surface area contributed by atoms with Crippen molar-refractivity contribution in [2.75, 3.05) is 18.2 Å². The summed E-state index contributed by atoms with van der Waals surface area (Å²) in [6.45, 7) is 6.12. The van der Waals surface area contributed by atoms with Crippen LogP contribution in [0.4, 0.5) is 5.82 Å². The molecule has 2 heterocycles. The second-order valence-electron chi connectivity index (χ2n) is 8.15. The minimum absolute atomic E-state index is 0.137. The quantitative estimate of drug-likeness (QED) is 0.585. The number of anilines is 1. The van der Waals surface area contributed by atoms with Gasteiger partial charge in [-0.1, -0.05) is 50.7 Å². The van der Waals surface area contributed by atoms with Crippen molar-refractivity contribution < 1.29 is 9.53 Å². The number of hydrogen-bond donors (Lipinski definition) is 2. The lowest BCUT2D eigenvalue weighted by Crippen LogP contribution is -2.41. The predicted octanol–water partition coefficient (Wildman–Crippen LogP) is 3.95. The smallest absolute Gasteiger partial charge is 0.257 e. The van der Waals surface area contributed by atoms with E-state index < -0.39 is 5.92 Å². The van der Waals surface area contributed by atoms with Crippen LogP contribution in [0.2, 0.25) is 0 Å². The molecule has 0 saturated carbocycles. The minimum atomic E-state index is -0.420. The Labute approximate surface area is 174 Å². The van der Waals surface area contributed by atoms with Crippen LogP contribution >= 0.6 is 11.8 Å². The molecule has 6 nitrogen and oxygen atoms in total. The van der Waals surface area contributed by atoms with Gasteiger partial charge in [0.05, 0.1) is 18.6 Å². The minimum Gasteiger partial charge on any atom is -0.497 e. The standard InChI is InChI=1S/C22H25N3O3S/c1-5-29-21-24-19-18(20(27)25-21)16(12-6-8-13(28-4)9-7-12)17-14(23-19)10-22(2,3)11-15(17)26/h6-10,16-17H,5,11H2,1-4H3,(H2,23,24,25,27)/t16-,17-/m1/s1. The van der Waals surface area contributed by atoms with E-state index in [1.54, 1.807) is 7.11 Å². The van der Waals surface area contributed by atoms with Crippen LogP contribution in [0.15, 0.2) is 46.0 Å². The van der Waals surface area contributed by atoms with Crippen molar-refractivity contribution in [2.24, 2.45) is 11.3 Å². The van der Waals surface area contributed by atoms with Gasteiger partial charge in [0.1, 0.15) is 17.4 Å². The van der Waals surface area contributed by atoms with Crippen LogP contribution in [-0.2, 0) is 4.79 Å². The van der Waals surface area contributed by atoms with Gasteiger partial charge in [-0.25, -0.2) is 4.98 Å². The van der Waals surface area contributed by atoms with Crippen molar-refractivity contribution in [1.82, 2.24) is 9.97 Å². The first-order valence-electron chi connectivity index (χ1n) is 9.76. The number of nitrogens with one attached hydrogen (secondary N) is 2. The summed E-state index contributed by atoms with van der Waals surface area (Å²) in [4.78, 5) is 33.8. The van der Waals surface area contributed by atoms with Crippen molar-refractivity contribution in [3.05, 3.63) is 57.5 Å². The predicted molar refractivity (Wildman–Crippen MR) is 115 cm³/mol. The molecule has 2 atom stereocenters. The Kier molecular flexibility index (Phi) is 5.02. The SMILES string of the molecule is CCSc1nc2c(c(=O)[nH]1)[C@H](c1ccc(OC)cc1)[C@H]1C(=O)CC(C)(C)C=C1N2. The van der Waals surface area contributed by atoms with Crippen LogP contribution in [0, 0.1) is 11.3 Å². The molecule has 0 radical (unpaired) electrons. The summed E-state index contributed by atoms with van der Waals surface area (Å²) in [5.74, 6) is 1.41. The van der Waals surface area contributed by atoms with Gasteiger partial charge >= 0.3 is 0 Å². The van der Waals surface area contributed by atoms with Crippen LogP contribution in [0.3, 0.4) is 0 Å². The van der Waals surface area contributed by atoms with Gasteiger partial charge in [0, 0.05) is 18.0 Å². The zero-order chi connectivity index (χ0) is 20.8. The lowest BCUT2D eigenvalue weighted by molar-refractivity contribution is -0.124. The highest BCUT2D eigenvalue weighted by Crippen LogP contribution is 2.48. The average molecular weight is 412 g/mol. The molecule has 0 bridgehead atoms. The summed E-state index contributed by atoms with van der Waals surface area (Å²) in [5.41, 5.74) is 1.83. The number of Topliss-reactive ketones (excluding diaryl/α,β-unsaturated/α-hetero) is 1. The molecule has 7 heteroatoms. The van der Waals surface area contributed by atoms with Gasteiger partial charge in [0.15, 0.2) is 5.16 Å². The van der Waals surface area contributed by atoms with Gasteiger partial charge in [-0.05, 0) is 28.9 Å². The molecular weight excluding hydrogens is 386 g/mol. The first-order chi connectivity index (χ1) is 13.8. The van der Waals surface area contributed by atoms with Gasteiger partial charge in [-0.15, -0.1) is 0 Å². The Bertz CT molecular complexity index is 1040. The van der Waals surface area contributed by atoms with E-state index >= 15 is 0 Å². The number of carbonyl (C=O) groups is 1. The second kappa shape index (κ2) is 7.37. The molecule has 1 aromatic heterocycles. The van der Waals surface area contributed by atoms with Crippen molar-refractivity contribution in [3.8, 4) is 5.75 Å². The van der Waals surface area contributed by atoms with Gasteiger partial charge in [-0.2, -0.15) is 0 Å². The molecule has 0 spiro atoms. The summed E-state index contributed by atoms with van der Waals surface area (Å²) in [5, 5.41) is 3.90. The Morgan fingerprint density at radius 3 is 2.59 bits per heavy atom. The van der Waals surface area contributed by atoms with E-state index in [-0.39, 0.29) is 22.7 Å². The number of aromatic nitrogens is 2. The largest absolute Gasteiger partial charge is 0.497 e. The van der Waals surface area contributed by atoms with Gasteiger partial charge in [-0.3, -0.25) is 9.59 Å². The third kappa shape index (κ3) is 3.59. The topological polar surface area (TPSA) is 84.1 Å². The number of carbonyl (C=O) groups excluding carboxylic acids is 1. The number of ether oxygens (including phenoxy) is 1. The van der Waals surface area contributed by atoms with Crippen molar-refractivity contribution in [1.29, 1.82) is 0 Å². The molecular formula is C22H25N3O3S. The molecule has 1 aliphatic heterocycles. The van der Waals surface area contributed by atoms with Crippen LogP contribution in [0.25, 0.3) is 0 Å². The van der Waals surface area contributed by atoms with Crippen LogP contribution in [0.5, 0.6) is 5.75 Å². The molecule has 2 aliphatic rings. The number of aromatic amines is 1. The number of ketones is 1. The Balaban J connectivity index is 1.93. The lowest BCUT2D eigenvalue weighted by Gasteiger charge is -2.40. The molecule has 1 aliphatic carbocycles. The van der Waals surface area contributed by atoms with Gasteiger partial charge in [0.25, 0.3) is 5.56 Å². The number of fused-ring (bicyclic) bond motifs is 2. The summed E-state index contributed by atoms with van der Waals surface area (Å²) in [7, 11) is 1.62. The number of allylic oxidation sites excluding steroid dienone is 2. The molecule has 152 valence electrons. The number of thioether (sulfide) groups is 1. The van der Waals surface area contributed by atoms with Crippen molar-refractivity contribution in [2.45, 2.75) is 38.3 Å². The third-order valence-corrected chi connectivity index (χ3v) is 6.21. The van der Waals surface area contributed by atoms with E-state index in [2.05, 4.69) is 35.2 Å². The first kappa shape index (κ1) is 19.8. The average Bonchev–Trinajstić information content (AvgIpc) is 2.65. The Hall–Kier alpha value is -2.54. The van der Waals surface area contributed by atoms with Crippen LogP contribution in [0.1, 0.15) is 44.2 Å². The molecule has 0 unspecified atom stereocenters. The van der Waals surface area contributed by atoms with E-state index in [9.17, 15) is 9.59 Å². The molecule has 29 heavy (non-hydrogen) atoms. The van der Waals surface area contributed by atoms with Crippen molar-refractivity contribution in [3.63, 3.8) is 0 Å². The summed E-state index contributed by atoms with van der Waals surface area (Å²) in [6.07, 6.45) is 2.56. The molecule has 0 fully saturated rings. The normalized spacial score (nSPS) is 22.2. The fourth-order valence-electron chi connectivity index (χ4n) is 4.30. The van der Waals surface area contributed by atoms with Crippen LogP contribution in [-0.4, -0.2) is 28.6 Å². The molecule has 4 rings (SSSR count). The van der Waals surface area contributed by atoms with Gasteiger partial charge < -0.3 is 15.0 Å². The first-order valence-corrected chi connectivity index (χ1v) is 10.7. The van der Waals surface area contributed by atoms with Gasteiger partial charge in [0.2, 0.25) is 0 Å². The number of hydrogen-bond acceptors (Lipinski definition) is 6. The Morgan fingerprint density at radius 2 is 1.93 bits per heavy atom. The number of rotatable bonds is 4. The zero-order valence-corrected chi connectivity index (χ0v) is 17.9. The maximum Gasteiger partial charge on any atom is 0.257 e. The van der Waals surface area contributed by atoms with E-state index in [0.29, 0.717) is 23.0 Å². The van der Waals surface area contributed by atoms with E-state index in [4.69, 9.17) is 4.74 Å². The Morgan fingerprint density at radius 1 is 1.21 bits per heavy atom. The molecule has 0 amide bonds. The molecule has 0 saturated heterocycles. The number of nitrogens with zero attached hydrogens (tertiary/aromatic N) is 1.